The normalized spacial score (nSPS) is 10.4. The number of hydrogen-bond acceptors (Lipinski definition) is 2. The minimum atomic E-state index is 0.931. The molecule has 2 aromatic heterocycles. The minimum Gasteiger partial charge on any atom is -0.372 e. The summed E-state index contributed by atoms with van der Waals surface area (Å²) in [5.74, 6) is 1.06. The molecular formula is C9H11N3. The van der Waals surface area contributed by atoms with Crippen LogP contribution in [0.15, 0.2) is 24.5 Å². The fourth-order valence-electron chi connectivity index (χ4n) is 1.26. The lowest BCUT2D eigenvalue weighted by atomic mass is 10.3. The van der Waals surface area contributed by atoms with E-state index in [0.717, 1.165) is 23.3 Å². The first kappa shape index (κ1) is 7.16. The van der Waals surface area contributed by atoms with Crippen molar-refractivity contribution in [2.75, 3.05) is 11.9 Å². The molecule has 0 fully saturated rings. The topological polar surface area (TPSA) is 40.7 Å². The minimum absolute atomic E-state index is 0.931. The van der Waals surface area contributed by atoms with Crippen LogP contribution in [0.2, 0.25) is 0 Å². The zero-order valence-electron chi connectivity index (χ0n) is 6.96. The van der Waals surface area contributed by atoms with E-state index in [1.807, 2.05) is 12.3 Å². The summed E-state index contributed by atoms with van der Waals surface area (Å²) < 4.78 is 0. The lowest BCUT2D eigenvalue weighted by Crippen LogP contribution is -1.95. The average Bonchev–Trinajstić information content (AvgIpc) is 2.47. The highest BCUT2D eigenvalue weighted by Gasteiger charge is 1.96. The van der Waals surface area contributed by atoms with Gasteiger partial charge in [-0.25, -0.2) is 0 Å². The van der Waals surface area contributed by atoms with Gasteiger partial charge in [0.05, 0.1) is 5.52 Å². The molecule has 2 heterocycles. The molecule has 0 aliphatic rings. The van der Waals surface area contributed by atoms with Gasteiger partial charge in [-0.3, -0.25) is 4.98 Å². The predicted molar refractivity (Wildman–Crippen MR) is 50.3 cm³/mol. The first-order chi connectivity index (χ1) is 5.90. The number of fused-ring (bicyclic) bond motifs is 1. The van der Waals surface area contributed by atoms with E-state index in [4.69, 9.17) is 0 Å². The number of hydrogen-bond donors (Lipinski definition) is 2. The van der Waals surface area contributed by atoms with Crippen LogP contribution in [0.25, 0.3) is 10.9 Å². The van der Waals surface area contributed by atoms with E-state index in [1.165, 1.54) is 0 Å². The zero-order valence-corrected chi connectivity index (χ0v) is 6.96. The Bertz CT molecular complexity index is 345. The molecule has 3 heteroatoms. The van der Waals surface area contributed by atoms with Crippen molar-refractivity contribution in [3.63, 3.8) is 0 Å². The summed E-state index contributed by atoms with van der Waals surface area (Å²) in [5.41, 5.74) is 1.13. The lowest BCUT2D eigenvalue weighted by molar-refractivity contribution is 1.18. The van der Waals surface area contributed by atoms with E-state index in [1.54, 1.807) is 6.20 Å². The first-order valence-corrected chi connectivity index (χ1v) is 4.07. The molecule has 0 bridgehead atoms. The van der Waals surface area contributed by atoms with Crippen LogP contribution in [-0.4, -0.2) is 16.5 Å². The number of pyridine rings is 1. The Morgan fingerprint density at radius 3 is 3.25 bits per heavy atom. The monoisotopic (exact) mass is 161 g/mol. The fraction of sp³-hybridized carbons (Fsp3) is 0.222. The van der Waals surface area contributed by atoms with Crippen LogP contribution in [0.4, 0.5) is 5.82 Å². The number of rotatable bonds is 2. The van der Waals surface area contributed by atoms with Gasteiger partial charge in [0.1, 0.15) is 5.82 Å². The van der Waals surface area contributed by atoms with Gasteiger partial charge in [-0.05, 0) is 19.1 Å². The molecule has 12 heavy (non-hydrogen) atoms. The molecule has 0 aliphatic heterocycles. The summed E-state index contributed by atoms with van der Waals surface area (Å²) in [4.78, 5) is 7.28. The van der Waals surface area contributed by atoms with E-state index in [0.29, 0.717) is 0 Å². The van der Waals surface area contributed by atoms with Gasteiger partial charge in [0.25, 0.3) is 0 Å². The van der Waals surface area contributed by atoms with Gasteiger partial charge < -0.3 is 10.3 Å². The summed E-state index contributed by atoms with van der Waals surface area (Å²) in [6.07, 6.45) is 3.64. The molecule has 0 saturated carbocycles. The summed E-state index contributed by atoms with van der Waals surface area (Å²) in [7, 11) is 0. The molecule has 0 aromatic carbocycles. The maximum atomic E-state index is 4.04. The quantitative estimate of drug-likeness (QED) is 0.707. The Kier molecular flexibility index (Phi) is 1.70. The smallest absolute Gasteiger partial charge is 0.104 e. The number of anilines is 1. The number of nitrogens with zero attached hydrogens (tertiary/aromatic N) is 1. The summed E-state index contributed by atoms with van der Waals surface area (Å²) >= 11 is 0. The maximum Gasteiger partial charge on any atom is 0.104 e. The Morgan fingerprint density at radius 1 is 1.58 bits per heavy atom. The number of nitrogens with one attached hydrogen (secondary N) is 2. The Morgan fingerprint density at radius 2 is 2.50 bits per heavy atom. The number of aromatic amines is 1. The van der Waals surface area contributed by atoms with Gasteiger partial charge in [0.2, 0.25) is 0 Å². The van der Waals surface area contributed by atoms with Crippen LogP contribution in [-0.2, 0) is 0 Å². The molecule has 0 saturated heterocycles. The number of H-pyrrole nitrogens is 1. The van der Waals surface area contributed by atoms with Gasteiger partial charge in [0.15, 0.2) is 0 Å². The van der Waals surface area contributed by atoms with Crippen LogP contribution in [0.5, 0.6) is 0 Å². The molecular weight excluding hydrogens is 150 g/mol. The molecule has 2 N–H and O–H groups in total. The van der Waals surface area contributed by atoms with Crippen molar-refractivity contribution in [1.82, 2.24) is 9.97 Å². The van der Waals surface area contributed by atoms with Crippen LogP contribution >= 0.6 is 0 Å². The highest BCUT2D eigenvalue weighted by molar-refractivity contribution is 5.82. The van der Waals surface area contributed by atoms with Crippen LogP contribution in [0, 0.1) is 0 Å². The van der Waals surface area contributed by atoms with Crippen LogP contribution in [0.1, 0.15) is 6.92 Å². The molecule has 3 nitrogen and oxygen atoms in total. The van der Waals surface area contributed by atoms with Gasteiger partial charge in [-0.2, -0.15) is 0 Å². The van der Waals surface area contributed by atoms with Crippen molar-refractivity contribution in [2.24, 2.45) is 0 Å². The fourth-order valence-corrected chi connectivity index (χ4v) is 1.26. The van der Waals surface area contributed by atoms with Crippen molar-refractivity contribution >= 4 is 16.7 Å². The largest absolute Gasteiger partial charge is 0.372 e. The molecule has 0 aliphatic carbocycles. The van der Waals surface area contributed by atoms with E-state index < -0.39 is 0 Å². The standard InChI is InChI=1S/C9H11N3/c1-2-11-9-5-7-6-10-4-3-8(7)12-9/h3-6,11-12H,2H2,1H3. The molecule has 0 spiro atoms. The van der Waals surface area contributed by atoms with Gasteiger partial charge in [0, 0.05) is 24.3 Å². The third-order valence-corrected chi connectivity index (χ3v) is 1.79. The van der Waals surface area contributed by atoms with Crippen molar-refractivity contribution in [1.29, 1.82) is 0 Å². The summed E-state index contributed by atoms with van der Waals surface area (Å²) in [6, 6.07) is 4.03. The van der Waals surface area contributed by atoms with Gasteiger partial charge in [-0.1, -0.05) is 0 Å². The van der Waals surface area contributed by atoms with E-state index in [2.05, 4.69) is 28.3 Å². The first-order valence-electron chi connectivity index (χ1n) is 4.07. The molecule has 2 rings (SSSR count). The molecule has 62 valence electrons. The van der Waals surface area contributed by atoms with E-state index in [9.17, 15) is 0 Å². The van der Waals surface area contributed by atoms with Crippen LogP contribution < -0.4 is 5.32 Å². The molecule has 2 aromatic rings. The number of aromatic nitrogens is 2. The third kappa shape index (κ3) is 1.13. The maximum absolute atomic E-state index is 4.04. The van der Waals surface area contributed by atoms with Crippen molar-refractivity contribution in [2.45, 2.75) is 6.92 Å². The summed E-state index contributed by atoms with van der Waals surface area (Å²) in [5, 5.41) is 4.36. The zero-order chi connectivity index (χ0) is 8.39. The van der Waals surface area contributed by atoms with Gasteiger partial charge >= 0.3 is 0 Å². The van der Waals surface area contributed by atoms with E-state index in [-0.39, 0.29) is 0 Å². The van der Waals surface area contributed by atoms with Crippen molar-refractivity contribution in [3.05, 3.63) is 24.5 Å². The second-order valence-electron chi connectivity index (χ2n) is 2.68. The Hall–Kier alpha value is -1.51. The van der Waals surface area contributed by atoms with Crippen molar-refractivity contribution in [3.8, 4) is 0 Å². The predicted octanol–water partition coefficient (Wildman–Crippen LogP) is 1.99. The lowest BCUT2D eigenvalue weighted by Gasteiger charge is -1.95. The Labute approximate surface area is 70.8 Å². The molecule has 0 amide bonds. The van der Waals surface area contributed by atoms with E-state index >= 15 is 0 Å². The van der Waals surface area contributed by atoms with Crippen molar-refractivity contribution < 1.29 is 0 Å². The second kappa shape index (κ2) is 2.85. The highest BCUT2D eigenvalue weighted by atomic mass is 15.0. The highest BCUT2D eigenvalue weighted by Crippen LogP contribution is 2.16. The molecule has 0 radical (unpaired) electrons. The van der Waals surface area contributed by atoms with Gasteiger partial charge in [-0.15, -0.1) is 0 Å². The second-order valence-corrected chi connectivity index (χ2v) is 2.68. The third-order valence-electron chi connectivity index (χ3n) is 1.79. The SMILES string of the molecule is CCNc1cc2cnccc2[nH]1. The van der Waals surface area contributed by atoms with Crippen LogP contribution in [0.3, 0.4) is 0 Å². The Balaban J connectivity index is 2.47. The molecule has 0 atom stereocenters. The summed E-state index contributed by atoms with van der Waals surface area (Å²) in [6.45, 7) is 3.00. The average molecular weight is 161 g/mol. The molecule has 0 unspecified atom stereocenters.